The fourth-order valence-corrected chi connectivity index (χ4v) is 3.89. The number of nitrogens with one attached hydrogen (secondary N) is 1. The van der Waals surface area contributed by atoms with Crippen LogP contribution in [0.3, 0.4) is 0 Å². The smallest absolute Gasteiger partial charge is 0.291 e. The van der Waals surface area contributed by atoms with E-state index in [1.165, 1.54) is 0 Å². The zero-order valence-electron chi connectivity index (χ0n) is 14.7. The monoisotopic (exact) mass is 465 g/mol. The second-order valence-corrected chi connectivity index (χ2v) is 7.86. The van der Waals surface area contributed by atoms with E-state index in [2.05, 4.69) is 31.4 Å². The summed E-state index contributed by atoms with van der Waals surface area (Å²) in [5, 5.41) is 18.0. The van der Waals surface area contributed by atoms with E-state index in [0.717, 1.165) is 16.1 Å². The van der Waals surface area contributed by atoms with Crippen LogP contribution in [0.2, 0.25) is 0 Å². The van der Waals surface area contributed by atoms with Gasteiger partial charge in [0.2, 0.25) is 0 Å². The molecule has 0 spiro atoms. The van der Waals surface area contributed by atoms with Crippen LogP contribution in [0, 0.1) is 0 Å². The Balaban J connectivity index is 1.48. The van der Waals surface area contributed by atoms with Crippen LogP contribution in [-0.4, -0.2) is 25.7 Å². The molecule has 0 aliphatic carbocycles. The molecule has 7 nitrogen and oxygen atoms in total. The van der Waals surface area contributed by atoms with E-state index in [1.54, 1.807) is 28.0 Å². The molecular weight excluding hydrogens is 454 g/mol. The Hall–Kier alpha value is -3.30. The SMILES string of the molecule is O=C(Nc1cccc(-c2ccc3nnc(-c4cccs4)n3n2)c1)c1ccc(Br)o1. The van der Waals surface area contributed by atoms with E-state index < -0.39 is 0 Å². The average molecular weight is 466 g/mol. The van der Waals surface area contributed by atoms with E-state index in [4.69, 9.17) is 9.52 Å². The maximum absolute atomic E-state index is 12.3. The summed E-state index contributed by atoms with van der Waals surface area (Å²) >= 11 is 4.78. The summed E-state index contributed by atoms with van der Waals surface area (Å²) in [6.45, 7) is 0. The summed E-state index contributed by atoms with van der Waals surface area (Å²) in [7, 11) is 0. The normalized spacial score (nSPS) is 11.1. The van der Waals surface area contributed by atoms with Gasteiger partial charge in [0.1, 0.15) is 0 Å². The zero-order valence-corrected chi connectivity index (χ0v) is 17.1. The summed E-state index contributed by atoms with van der Waals surface area (Å²) in [6.07, 6.45) is 0. The van der Waals surface area contributed by atoms with Crippen LogP contribution < -0.4 is 5.32 Å². The van der Waals surface area contributed by atoms with E-state index in [-0.39, 0.29) is 11.7 Å². The molecule has 0 bridgehead atoms. The van der Waals surface area contributed by atoms with Gasteiger partial charge in [0.05, 0.1) is 10.6 Å². The number of carbonyl (C=O) groups excluding carboxylic acids is 1. The molecule has 5 rings (SSSR count). The molecular formula is C20H12BrN5O2S. The molecule has 0 radical (unpaired) electrons. The minimum atomic E-state index is -0.324. The molecule has 4 aromatic heterocycles. The maximum atomic E-state index is 12.3. The lowest BCUT2D eigenvalue weighted by molar-refractivity contribution is 0.0995. The first-order valence-corrected chi connectivity index (χ1v) is 10.3. The first kappa shape index (κ1) is 17.8. The molecule has 0 unspecified atom stereocenters. The highest BCUT2D eigenvalue weighted by atomic mass is 79.9. The van der Waals surface area contributed by atoms with Gasteiger partial charge in [-0.2, -0.15) is 9.61 Å². The van der Waals surface area contributed by atoms with E-state index in [9.17, 15) is 4.79 Å². The molecule has 0 aliphatic heterocycles. The fraction of sp³-hybridized carbons (Fsp3) is 0. The van der Waals surface area contributed by atoms with Crippen LogP contribution in [0.5, 0.6) is 0 Å². The number of nitrogens with zero attached hydrogens (tertiary/aromatic N) is 4. The lowest BCUT2D eigenvalue weighted by atomic mass is 10.1. The van der Waals surface area contributed by atoms with Crippen LogP contribution in [-0.2, 0) is 0 Å². The quantitative estimate of drug-likeness (QED) is 0.397. The molecule has 0 saturated heterocycles. The van der Waals surface area contributed by atoms with E-state index in [0.29, 0.717) is 21.8 Å². The van der Waals surface area contributed by atoms with Gasteiger partial charge in [-0.3, -0.25) is 4.79 Å². The highest BCUT2D eigenvalue weighted by Crippen LogP contribution is 2.26. The lowest BCUT2D eigenvalue weighted by Gasteiger charge is -2.07. The highest BCUT2D eigenvalue weighted by molar-refractivity contribution is 9.10. The molecule has 4 heterocycles. The van der Waals surface area contributed by atoms with Crippen molar-refractivity contribution < 1.29 is 9.21 Å². The Morgan fingerprint density at radius 2 is 2.00 bits per heavy atom. The summed E-state index contributed by atoms with van der Waals surface area (Å²) in [5.74, 6) is 0.603. The largest absolute Gasteiger partial charge is 0.444 e. The molecule has 1 N–H and O–H groups in total. The molecule has 1 aromatic carbocycles. The highest BCUT2D eigenvalue weighted by Gasteiger charge is 2.13. The molecule has 0 aliphatic rings. The van der Waals surface area contributed by atoms with Crippen molar-refractivity contribution in [1.82, 2.24) is 19.8 Å². The van der Waals surface area contributed by atoms with Crippen molar-refractivity contribution in [2.75, 3.05) is 5.32 Å². The van der Waals surface area contributed by atoms with Crippen LogP contribution in [0.1, 0.15) is 10.6 Å². The van der Waals surface area contributed by atoms with E-state index >= 15 is 0 Å². The van der Waals surface area contributed by atoms with Crippen molar-refractivity contribution >= 4 is 44.5 Å². The predicted molar refractivity (Wildman–Crippen MR) is 114 cm³/mol. The number of fused-ring (bicyclic) bond motifs is 1. The minimum Gasteiger partial charge on any atom is -0.444 e. The Bertz CT molecular complexity index is 1330. The van der Waals surface area contributed by atoms with Gasteiger partial charge in [-0.25, -0.2) is 0 Å². The Labute approximate surface area is 177 Å². The van der Waals surface area contributed by atoms with Gasteiger partial charge in [-0.15, -0.1) is 21.5 Å². The number of carbonyl (C=O) groups is 1. The first-order valence-electron chi connectivity index (χ1n) is 8.61. The third-order valence-electron chi connectivity index (χ3n) is 4.22. The standard InChI is InChI=1S/C20H12BrN5O2S/c21-17-8-7-15(28-17)20(27)22-13-4-1-3-12(11-13)14-6-9-18-23-24-19(26(18)25-14)16-5-2-10-29-16/h1-11H,(H,22,27). The summed E-state index contributed by atoms with van der Waals surface area (Å²) in [4.78, 5) is 13.3. The number of hydrogen-bond acceptors (Lipinski definition) is 6. The second kappa shape index (κ2) is 7.26. The predicted octanol–water partition coefficient (Wildman–Crippen LogP) is 5.13. The van der Waals surface area contributed by atoms with Crippen LogP contribution >= 0.6 is 27.3 Å². The van der Waals surface area contributed by atoms with Crippen molar-refractivity contribution in [3.8, 4) is 22.0 Å². The van der Waals surface area contributed by atoms with Crippen LogP contribution in [0.25, 0.3) is 27.6 Å². The van der Waals surface area contributed by atoms with Gasteiger partial charge in [-0.1, -0.05) is 18.2 Å². The molecule has 9 heteroatoms. The van der Waals surface area contributed by atoms with Gasteiger partial charge in [0.25, 0.3) is 5.91 Å². The van der Waals surface area contributed by atoms with E-state index in [1.807, 2.05) is 53.9 Å². The summed E-state index contributed by atoms with van der Waals surface area (Å²) < 4.78 is 7.53. The maximum Gasteiger partial charge on any atom is 0.291 e. The number of furan rings is 1. The fourth-order valence-electron chi connectivity index (χ4n) is 2.89. The molecule has 0 atom stereocenters. The molecule has 29 heavy (non-hydrogen) atoms. The number of hydrogen-bond donors (Lipinski definition) is 1. The minimum absolute atomic E-state index is 0.229. The Kier molecular flexibility index (Phi) is 4.45. The number of anilines is 1. The van der Waals surface area contributed by atoms with Crippen molar-refractivity contribution in [2.24, 2.45) is 0 Å². The summed E-state index contributed by atoms with van der Waals surface area (Å²) in [5.41, 5.74) is 2.91. The van der Waals surface area contributed by atoms with Crippen LogP contribution in [0.15, 0.2) is 75.1 Å². The first-order chi connectivity index (χ1) is 14.2. The van der Waals surface area contributed by atoms with Gasteiger partial charge >= 0.3 is 0 Å². The van der Waals surface area contributed by atoms with Gasteiger partial charge < -0.3 is 9.73 Å². The molecule has 5 aromatic rings. The molecule has 0 saturated carbocycles. The second-order valence-electron chi connectivity index (χ2n) is 6.13. The number of aromatic nitrogens is 4. The Morgan fingerprint density at radius 1 is 1.07 bits per heavy atom. The number of rotatable bonds is 4. The molecule has 1 amide bonds. The van der Waals surface area contributed by atoms with Gasteiger partial charge in [-0.05, 0) is 63.8 Å². The topological polar surface area (TPSA) is 85.3 Å². The average Bonchev–Trinajstić information content (AvgIpc) is 3.48. The number of amides is 1. The third kappa shape index (κ3) is 3.45. The van der Waals surface area contributed by atoms with Crippen molar-refractivity contribution in [2.45, 2.75) is 0 Å². The van der Waals surface area contributed by atoms with Gasteiger partial charge in [0, 0.05) is 11.3 Å². The van der Waals surface area contributed by atoms with Crippen LogP contribution in [0.4, 0.5) is 5.69 Å². The Morgan fingerprint density at radius 3 is 2.79 bits per heavy atom. The lowest BCUT2D eigenvalue weighted by Crippen LogP contribution is -2.10. The van der Waals surface area contributed by atoms with Crippen molar-refractivity contribution in [1.29, 1.82) is 0 Å². The van der Waals surface area contributed by atoms with Gasteiger partial charge in [0.15, 0.2) is 21.9 Å². The number of halogens is 1. The molecule has 142 valence electrons. The van der Waals surface area contributed by atoms with Crippen molar-refractivity contribution in [3.63, 3.8) is 0 Å². The number of thiophene rings is 1. The van der Waals surface area contributed by atoms with Crippen molar-refractivity contribution in [3.05, 3.63) is 76.5 Å². The summed E-state index contributed by atoms with van der Waals surface area (Å²) in [6, 6.07) is 18.5. The zero-order chi connectivity index (χ0) is 19.8. The molecule has 0 fully saturated rings. The number of benzene rings is 1. The third-order valence-corrected chi connectivity index (χ3v) is 5.51.